The van der Waals surface area contributed by atoms with Gasteiger partial charge in [-0.2, -0.15) is 55.2 Å². The molecule has 3 nitrogen and oxygen atoms in total. The minimum atomic E-state index is 0. The molecule has 0 bridgehead atoms. The minimum Gasteiger partial charge on any atom is -0.504 e. The van der Waals surface area contributed by atoms with Crippen LogP contribution in [0.3, 0.4) is 0 Å². The number of aromatic nitrogens is 1. The van der Waals surface area contributed by atoms with Crippen molar-refractivity contribution in [2.75, 3.05) is 16.8 Å². The second-order valence-corrected chi connectivity index (χ2v) is 12.9. The Morgan fingerprint density at radius 3 is 2.32 bits per heavy atom. The van der Waals surface area contributed by atoms with Gasteiger partial charge in [-0.25, -0.2) is 0 Å². The molecular formula is C38H23N3PdS2-4. The van der Waals surface area contributed by atoms with Gasteiger partial charge in [-0.05, 0) is 36.7 Å². The molecule has 6 heteroatoms. The van der Waals surface area contributed by atoms with E-state index in [4.69, 9.17) is 0 Å². The van der Waals surface area contributed by atoms with Gasteiger partial charge < -0.3 is 14.4 Å². The molecule has 6 aromatic carbocycles. The van der Waals surface area contributed by atoms with Crippen molar-refractivity contribution < 1.29 is 20.4 Å². The maximum Gasteiger partial charge on any atom is 0.0469 e. The molecule has 0 spiro atoms. The summed E-state index contributed by atoms with van der Waals surface area (Å²) < 4.78 is 4.95. The first kappa shape index (κ1) is 27.5. The van der Waals surface area contributed by atoms with Gasteiger partial charge in [0.2, 0.25) is 0 Å². The van der Waals surface area contributed by atoms with E-state index in [1.165, 1.54) is 42.1 Å². The van der Waals surface area contributed by atoms with Gasteiger partial charge in [0.15, 0.2) is 0 Å². The fraction of sp³-hybridized carbons (Fsp3) is 0.0263. The summed E-state index contributed by atoms with van der Waals surface area (Å²) in [5.41, 5.74) is 6.65. The van der Waals surface area contributed by atoms with Crippen molar-refractivity contribution in [2.45, 2.75) is 9.79 Å². The van der Waals surface area contributed by atoms with E-state index in [9.17, 15) is 0 Å². The number of hydrogen-bond donors (Lipinski definition) is 0. The molecule has 0 N–H and O–H groups in total. The monoisotopic (exact) mass is 691 g/mol. The number of thiophene rings is 1. The Hall–Kier alpha value is -4.05. The number of fused-ring (bicyclic) bond motifs is 8. The quantitative estimate of drug-likeness (QED) is 0.135. The van der Waals surface area contributed by atoms with Gasteiger partial charge in [-0.1, -0.05) is 47.6 Å². The van der Waals surface area contributed by atoms with Gasteiger partial charge in [0.05, 0.1) is 0 Å². The molecule has 0 saturated carbocycles. The Bertz CT molecular complexity index is 2340. The molecule has 0 atom stereocenters. The fourth-order valence-corrected chi connectivity index (χ4v) is 8.18. The molecule has 0 amide bonds. The average molecular weight is 692 g/mol. The summed E-state index contributed by atoms with van der Waals surface area (Å²) >= 11 is 3.54. The fourth-order valence-electron chi connectivity index (χ4n) is 6.25. The minimum absolute atomic E-state index is 0. The molecule has 1 aliphatic heterocycles. The first-order valence-electron chi connectivity index (χ1n) is 14.2. The normalized spacial score (nSPS) is 12.8. The smallest absolute Gasteiger partial charge is 0.0469 e. The third-order valence-electron chi connectivity index (χ3n) is 8.13. The van der Waals surface area contributed by atoms with E-state index in [2.05, 4.69) is 149 Å². The van der Waals surface area contributed by atoms with Crippen molar-refractivity contribution in [1.82, 2.24) is 4.57 Å². The summed E-state index contributed by atoms with van der Waals surface area (Å²) in [4.78, 5) is 6.45. The molecule has 44 heavy (non-hydrogen) atoms. The van der Waals surface area contributed by atoms with Crippen LogP contribution in [-0.4, -0.2) is 11.6 Å². The van der Waals surface area contributed by atoms with Crippen LogP contribution in [0.4, 0.5) is 17.1 Å². The van der Waals surface area contributed by atoms with Crippen LogP contribution in [0.15, 0.2) is 125 Å². The molecule has 0 saturated heterocycles. The topological polar surface area (TPSA) is 11.4 Å². The van der Waals surface area contributed by atoms with Crippen LogP contribution in [-0.2, 0) is 20.4 Å². The van der Waals surface area contributed by atoms with Crippen molar-refractivity contribution in [2.24, 2.45) is 0 Å². The summed E-state index contributed by atoms with van der Waals surface area (Å²) in [7, 11) is 2.08. The SMILES string of the molecule is CN1[CH-]N(c2[c-]c(Sc3[c-]c4c(cc3)c3ccc5sc6ccccc6c5c3n4-c3[c-]cccc3)ccc2)c2ccccc21.[Pd]. The molecule has 0 radical (unpaired) electrons. The Morgan fingerprint density at radius 2 is 1.43 bits per heavy atom. The third kappa shape index (κ3) is 4.29. The molecule has 2 aromatic heterocycles. The molecule has 0 aliphatic carbocycles. The Kier molecular flexibility index (Phi) is 6.77. The maximum absolute atomic E-state index is 3.81. The zero-order chi connectivity index (χ0) is 28.5. The average Bonchev–Trinajstić information content (AvgIpc) is 3.70. The molecule has 1 aliphatic rings. The molecule has 3 heterocycles. The molecule has 0 unspecified atom stereocenters. The number of benzene rings is 6. The first-order chi connectivity index (χ1) is 21.2. The van der Waals surface area contributed by atoms with Crippen molar-refractivity contribution in [1.29, 1.82) is 0 Å². The van der Waals surface area contributed by atoms with Crippen molar-refractivity contribution >= 4 is 82.1 Å². The summed E-state index contributed by atoms with van der Waals surface area (Å²) in [6.45, 7) is 2.12. The van der Waals surface area contributed by atoms with E-state index in [0.717, 1.165) is 32.4 Å². The molecule has 216 valence electrons. The summed E-state index contributed by atoms with van der Waals surface area (Å²) in [5, 5.41) is 5.01. The van der Waals surface area contributed by atoms with Gasteiger partial charge in [0.25, 0.3) is 0 Å². The van der Waals surface area contributed by atoms with Crippen LogP contribution in [0.1, 0.15) is 0 Å². The van der Waals surface area contributed by atoms with Gasteiger partial charge in [0.1, 0.15) is 0 Å². The number of para-hydroxylation sites is 3. The first-order valence-corrected chi connectivity index (χ1v) is 15.8. The Morgan fingerprint density at radius 1 is 0.659 bits per heavy atom. The van der Waals surface area contributed by atoms with E-state index < -0.39 is 0 Å². The maximum atomic E-state index is 3.81. The predicted octanol–water partition coefficient (Wildman–Crippen LogP) is 10.4. The third-order valence-corrected chi connectivity index (χ3v) is 10.2. The van der Waals surface area contributed by atoms with Gasteiger partial charge >= 0.3 is 0 Å². The Labute approximate surface area is 278 Å². The van der Waals surface area contributed by atoms with Gasteiger partial charge in [-0.3, -0.25) is 0 Å². The van der Waals surface area contributed by atoms with Crippen LogP contribution in [0.25, 0.3) is 47.7 Å². The van der Waals surface area contributed by atoms with E-state index >= 15 is 0 Å². The molecule has 8 aromatic rings. The zero-order valence-corrected chi connectivity index (χ0v) is 26.7. The number of hydrogen-bond acceptors (Lipinski definition) is 4. The van der Waals surface area contributed by atoms with Crippen molar-refractivity contribution in [3.05, 3.63) is 140 Å². The summed E-state index contributed by atoms with van der Waals surface area (Å²) in [6.07, 6.45) is 0. The van der Waals surface area contributed by atoms with Crippen LogP contribution in [0, 0.1) is 24.9 Å². The van der Waals surface area contributed by atoms with Crippen LogP contribution >= 0.6 is 23.1 Å². The number of rotatable bonds is 4. The summed E-state index contributed by atoms with van der Waals surface area (Å²) in [6, 6.07) is 51.7. The van der Waals surface area contributed by atoms with Gasteiger partial charge in [-0.15, -0.1) is 68.2 Å². The van der Waals surface area contributed by atoms with Gasteiger partial charge in [0, 0.05) is 57.5 Å². The zero-order valence-electron chi connectivity index (χ0n) is 23.5. The molecule has 9 rings (SSSR count). The van der Waals surface area contributed by atoms with E-state index in [0.29, 0.717) is 0 Å². The standard InChI is InChI=1S/C38H23N3S2.Pd/c1-39-24-40(33-16-7-6-15-32(33)39)26-12-9-13-27(22-26)42-28-18-19-29-30-20-21-36-37(31-14-5-8-17-35(31)43-36)38(30)41(34(29)23-28)25-10-3-2-4-11-25;/h2-10,12-21,24H,1H3;/q-4;. The van der Waals surface area contributed by atoms with E-state index in [-0.39, 0.29) is 20.4 Å². The predicted molar refractivity (Wildman–Crippen MR) is 182 cm³/mol. The largest absolute Gasteiger partial charge is 0.504 e. The van der Waals surface area contributed by atoms with E-state index in [1.54, 1.807) is 11.8 Å². The number of nitrogens with zero attached hydrogens (tertiary/aromatic N) is 3. The van der Waals surface area contributed by atoms with Crippen LogP contribution in [0.2, 0.25) is 0 Å². The second kappa shape index (κ2) is 10.8. The Balaban J connectivity index is 0.00000289. The molecule has 0 fully saturated rings. The van der Waals surface area contributed by atoms with Crippen LogP contribution < -0.4 is 9.80 Å². The number of anilines is 3. The van der Waals surface area contributed by atoms with E-state index in [1.807, 2.05) is 23.5 Å². The van der Waals surface area contributed by atoms with Crippen molar-refractivity contribution in [3.8, 4) is 5.69 Å². The van der Waals surface area contributed by atoms with Crippen LogP contribution in [0.5, 0.6) is 0 Å². The second-order valence-electron chi connectivity index (χ2n) is 10.7. The van der Waals surface area contributed by atoms with Crippen molar-refractivity contribution in [3.63, 3.8) is 0 Å². The molecular weight excluding hydrogens is 669 g/mol. The summed E-state index contributed by atoms with van der Waals surface area (Å²) in [5.74, 6) is 0.